The van der Waals surface area contributed by atoms with Crippen molar-refractivity contribution in [2.75, 3.05) is 0 Å². The second kappa shape index (κ2) is 2.76. The fourth-order valence-corrected chi connectivity index (χ4v) is 1.59. The molecule has 1 aliphatic rings. The van der Waals surface area contributed by atoms with Crippen LogP contribution in [0.4, 0.5) is 0 Å². The molecule has 2 heteroatoms. The molecule has 1 rings (SSSR count). The molecule has 2 N–H and O–H groups in total. The van der Waals surface area contributed by atoms with Crippen LogP contribution in [0.1, 0.15) is 34.1 Å². The van der Waals surface area contributed by atoms with E-state index in [1.165, 1.54) is 0 Å². The molecule has 2 nitrogen and oxygen atoms in total. The first-order valence-corrected chi connectivity index (χ1v) is 4.38. The van der Waals surface area contributed by atoms with Crippen molar-refractivity contribution in [2.45, 2.75) is 52.3 Å². The molecular weight excluding hydrogens is 138 g/mol. The maximum absolute atomic E-state index is 9.42. The Hall–Kier alpha value is -0.0800. The summed E-state index contributed by atoms with van der Waals surface area (Å²) >= 11 is 0. The first kappa shape index (κ1) is 9.01. The molecule has 0 bridgehead atoms. The van der Waals surface area contributed by atoms with Crippen molar-refractivity contribution in [1.29, 1.82) is 0 Å². The Kier molecular flexibility index (Phi) is 2.26. The summed E-state index contributed by atoms with van der Waals surface area (Å²) in [6.45, 7) is 8.50. The van der Waals surface area contributed by atoms with Gasteiger partial charge in [0.25, 0.3) is 0 Å². The second-order valence-corrected chi connectivity index (χ2v) is 4.45. The Morgan fingerprint density at radius 1 is 1.45 bits per heavy atom. The lowest BCUT2D eigenvalue weighted by molar-refractivity contribution is -0.0747. The number of aliphatic hydroxyl groups excluding tert-OH is 1. The summed E-state index contributed by atoms with van der Waals surface area (Å²) in [5, 5.41) is 12.9. The highest BCUT2D eigenvalue weighted by Gasteiger charge is 2.46. The number of hydrogen-bond acceptors (Lipinski definition) is 2. The van der Waals surface area contributed by atoms with Crippen LogP contribution in [0.3, 0.4) is 0 Å². The van der Waals surface area contributed by atoms with Crippen LogP contribution in [0.2, 0.25) is 0 Å². The van der Waals surface area contributed by atoms with E-state index in [2.05, 4.69) is 33.0 Å². The van der Waals surface area contributed by atoms with Gasteiger partial charge in [0.1, 0.15) is 0 Å². The van der Waals surface area contributed by atoms with Crippen molar-refractivity contribution >= 4 is 0 Å². The molecule has 0 saturated heterocycles. The third-order valence-electron chi connectivity index (χ3n) is 2.75. The lowest BCUT2D eigenvalue weighted by Crippen LogP contribution is -2.61. The first-order valence-electron chi connectivity index (χ1n) is 4.38. The summed E-state index contributed by atoms with van der Waals surface area (Å²) in [4.78, 5) is 0. The standard InChI is InChI=1S/C9H19NO/c1-6(2)10-7-5-8(11)9(7,3)4/h6-8,10-11H,5H2,1-4H3/t7-,8-/m0/s1. The maximum atomic E-state index is 9.42. The lowest BCUT2D eigenvalue weighted by Gasteiger charge is -2.50. The van der Waals surface area contributed by atoms with Gasteiger partial charge in [-0.3, -0.25) is 0 Å². The summed E-state index contributed by atoms with van der Waals surface area (Å²) < 4.78 is 0. The number of rotatable bonds is 2. The van der Waals surface area contributed by atoms with Gasteiger partial charge in [-0.1, -0.05) is 27.7 Å². The van der Waals surface area contributed by atoms with Crippen molar-refractivity contribution in [1.82, 2.24) is 5.32 Å². The van der Waals surface area contributed by atoms with E-state index in [-0.39, 0.29) is 11.5 Å². The van der Waals surface area contributed by atoms with Crippen LogP contribution in [0.25, 0.3) is 0 Å². The van der Waals surface area contributed by atoms with Crippen LogP contribution >= 0.6 is 0 Å². The zero-order valence-electron chi connectivity index (χ0n) is 7.89. The molecule has 0 radical (unpaired) electrons. The highest BCUT2D eigenvalue weighted by Crippen LogP contribution is 2.40. The Bertz CT molecular complexity index is 142. The van der Waals surface area contributed by atoms with Gasteiger partial charge in [0.05, 0.1) is 6.10 Å². The largest absolute Gasteiger partial charge is 0.392 e. The minimum Gasteiger partial charge on any atom is -0.392 e. The average molecular weight is 157 g/mol. The Balaban J connectivity index is 2.40. The summed E-state index contributed by atoms with van der Waals surface area (Å²) in [7, 11) is 0. The van der Waals surface area contributed by atoms with Crippen LogP contribution in [0, 0.1) is 5.41 Å². The van der Waals surface area contributed by atoms with Crippen LogP contribution in [0.5, 0.6) is 0 Å². The van der Waals surface area contributed by atoms with Crippen molar-refractivity contribution < 1.29 is 5.11 Å². The Labute approximate surface area is 69.0 Å². The molecule has 1 saturated carbocycles. The molecule has 0 aromatic rings. The second-order valence-electron chi connectivity index (χ2n) is 4.45. The number of nitrogens with one attached hydrogen (secondary N) is 1. The number of hydrogen-bond donors (Lipinski definition) is 2. The van der Waals surface area contributed by atoms with Crippen LogP contribution in [-0.2, 0) is 0 Å². The minimum atomic E-state index is -0.112. The normalized spacial score (nSPS) is 35.5. The fourth-order valence-electron chi connectivity index (χ4n) is 1.59. The predicted molar refractivity (Wildman–Crippen MR) is 46.5 cm³/mol. The molecule has 0 spiro atoms. The van der Waals surface area contributed by atoms with Gasteiger partial charge in [-0.15, -0.1) is 0 Å². The van der Waals surface area contributed by atoms with Gasteiger partial charge in [0.15, 0.2) is 0 Å². The van der Waals surface area contributed by atoms with E-state index in [4.69, 9.17) is 0 Å². The Morgan fingerprint density at radius 2 is 2.00 bits per heavy atom. The van der Waals surface area contributed by atoms with Gasteiger partial charge < -0.3 is 10.4 Å². The van der Waals surface area contributed by atoms with Gasteiger partial charge in [-0.25, -0.2) is 0 Å². The molecule has 1 aliphatic carbocycles. The minimum absolute atomic E-state index is 0.0737. The van der Waals surface area contributed by atoms with E-state index in [1.807, 2.05) is 0 Å². The monoisotopic (exact) mass is 157 g/mol. The topological polar surface area (TPSA) is 32.3 Å². The third kappa shape index (κ3) is 1.57. The van der Waals surface area contributed by atoms with E-state index < -0.39 is 0 Å². The zero-order valence-corrected chi connectivity index (χ0v) is 7.89. The molecule has 0 unspecified atom stereocenters. The van der Waals surface area contributed by atoms with E-state index in [9.17, 15) is 5.11 Å². The van der Waals surface area contributed by atoms with Gasteiger partial charge in [0.2, 0.25) is 0 Å². The molecule has 11 heavy (non-hydrogen) atoms. The quantitative estimate of drug-likeness (QED) is 0.630. The molecular formula is C9H19NO. The van der Waals surface area contributed by atoms with E-state index in [1.54, 1.807) is 0 Å². The van der Waals surface area contributed by atoms with Crippen molar-refractivity contribution in [3.63, 3.8) is 0 Å². The summed E-state index contributed by atoms with van der Waals surface area (Å²) in [5.74, 6) is 0. The molecule has 0 aromatic carbocycles. The molecule has 0 amide bonds. The van der Waals surface area contributed by atoms with Crippen molar-refractivity contribution in [3.8, 4) is 0 Å². The van der Waals surface area contributed by atoms with Crippen LogP contribution in [0.15, 0.2) is 0 Å². The molecule has 1 fully saturated rings. The predicted octanol–water partition coefficient (Wildman–Crippen LogP) is 1.14. The highest BCUT2D eigenvalue weighted by molar-refractivity contribution is 5.01. The lowest BCUT2D eigenvalue weighted by atomic mass is 9.64. The summed E-state index contributed by atoms with van der Waals surface area (Å²) in [6, 6.07) is 1.02. The molecule has 2 atom stereocenters. The van der Waals surface area contributed by atoms with Gasteiger partial charge in [-0.05, 0) is 6.42 Å². The van der Waals surface area contributed by atoms with Crippen molar-refractivity contribution in [3.05, 3.63) is 0 Å². The molecule has 66 valence electrons. The fraction of sp³-hybridized carbons (Fsp3) is 1.00. The first-order chi connectivity index (χ1) is 4.94. The summed E-state index contributed by atoms with van der Waals surface area (Å²) in [5.41, 5.74) is 0.0737. The summed E-state index contributed by atoms with van der Waals surface area (Å²) in [6.07, 6.45) is 0.796. The molecule has 0 heterocycles. The molecule has 0 aromatic heterocycles. The van der Waals surface area contributed by atoms with Gasteiger partial charge >= 0.3 is 0 Å². The van der Waals surface area contributed by atoms with Crippen molar-refractivity contribution in [2.24, 2.45) is 5.41 Å². The van der Waals surface area contributed by atoms with Gasteiger partial charge in [-0.2, -0.15) is 0 Å². The molecule has 0 aliphatic heterocycles. The number of aliphatic hydroxyl groups is 1. The highest BCUT2D eigenvalue weighted by atomic mass is 16.3. The van der Waals surface area contributed by atoms with E-state index >= 15 is 0 Å². The smallest absolute Gasteiger partial charge is 0.0621 e. The SMILES string of the molecule is CC(C)N[C@H]1C[C@H](O)C1(C)C. The maximum Gasteiger partial charge on any atom is 0.0621 e. The zero-order chi connectivity index (χ0) is 8.65. The van der Waals surface area contributed by atoms with E-state index in [0.717, 1.165) is 6.42 Å². The van der Waals surface area contributed by atoms with Crippen LogP contribution in [-0.4, -0.2) is 23.3 Å². The Morgan fingerprint density at radius 3 is 2.27 bits per heavy atom. The van der Waals surface area contributed by atoms with E-state index in [0.29, 0.717) is 12.1 Å². The third-order valence-corrected chi connectivity index (χ3v) is 2.75. The van der Waals surface area contributed by atoms with Gasteiger partial charge in [0, 0.05) is 17.5 Å². The van der Waals surface area contributed by atoms with Crippen LogP contribution < -0.4 is 5.32 Å². The average Bonchev–Trinajstić information content (AvgIpc) is 1.87.